The van der Waals surface area contributed by atoms with Gasteiger partial charge in [0.1, 0.15) is 5.69 Å². The molecular weight excluding hydrogens is 370 g/mol. The summed E-state index contributed by atoms with van der Waals surface area (Å²) >= 11 is 0. The zero-order valence-corrected chi connectivity index (χ0v) is 16.8. The molecule has 4 rings (SSSR count). The number of nitrogens with zero attached hydrogens (tertiary/aromatic N) is 2. The van der Waals surface area contributed by atoms with Crippen molar-refractivity contribution in [3.05, 3.63) is 36.5 Å². The van der Waals surface area contributed by atoms with E-state index in [0.29, 0.717) is 24.5 Å². The van der Waals surface area contributed by atoms with Gasteiger partial charge in [-0.2, -0.15) is 5.10 Å². The van der Waals surface area contributed by atoms with E-state index in [1.165, 1.54) is 0 Å². The van der Waals surface area contributed by atoms with Crippen LogP contribution in [0.5, 0.6) is 5.88 Å². The molecule has 1 aromatic carbocycles. The summed E-state index contributed by atoms with van der Waals surface area (Å²) < 4.78 is 11.2. The standard InChI is InChI=1S/C21H25N5O3/c1-13(2)29-18-10-14(6-8-23-18)19-16-11-15(4-5-17(16)25-26-19)24-20(27)21(28-3)7-9-22-12-21/h4-6,8,10-11,13,22H,7,9,12H2,1-3H3,(H,24,27)(H,25,26). The van der Waals surface area contributed by atoms with E-state index in [4.69, 9.17) is 9.47 Å². The van der Waals surface area contributed by atoms with Gasteiger partial charge in [0.05, 0.1) is 11.6 Å². The van der Waals surface area contributed by atoms with Crippen LogP contribution in [-0.4, -0.2) is 53.0 Å². The third kappa shape index (κ3) is 3.81. The number of nitrogens with one attached hydrogen (secondary N) is 3. The number of aromatic amines is 1. The molecule has 1 atom stereocenters. The predicted molar refractivity (Wildman–Crippen MR) is 111 cm³/mol. The Labute approximate surface area is 169 Å². The van der Waals surface area contributed by atoms with E-state index in [0.717, 1.165) is 28.7 Å². The van der Waals surface area contributed by atoms with Crippen molar-refractivity contribution in [1.29, 1.82) is 0 Å². The van der Waals surface area contributed by atoms with E-state index in [1.807, 2.05) is 44.2 Å². The number of hydrogen-bond acceptors (Lipinski definition) is 6. The monoisotopic (exact) mass is 395 g/mol. The van der Waals surface area contributed by atoms with E-state index in [1.54, 1.807) is 13.3 Å². The van der Waals surface area contributed by atoms with Gasteiger partial charge in [0.15, 0.2) is 5.60 Å². The Bertz CT molecular complexity index is 1020. The molecule has 1 aliphatic rings. The van der Waals surface area contributed by atoms with Gasteiger partial charge in [-0.25, -0.2) is 4.98 Å². The Morgan fingerprint density at radius 2 is 2.14 bits per heavy atom. The lowest BCUT2D eigenvalue weighted by Gasteiger charge is -2.25. The average molecular weight is 395 g/mol. The number of carbonyl (C=O) groups is 1. The topological polar surface area (TPSA) is 101 Å². The summed E-state index contributed by atoms with van der Waals surface area (Å²) in [7, 11) is 1.57. The van der Waals surface area contributed by atoms with E-state index >= 15 is 0 Å². The highest BCUT2D eigenvalue weighted by molar-refractivity contribution is 6.01. The maximum absolute atomic E-state index is 12.8. The van der Waals surface area contributed by atoms with Crippen LogP contribution in [0.3, 0.4) is 0 Å². The first-order chi connectivity index (χ1) is 14.0. The van der Waals surface area contributed by atoms with Crippen molar-refractivity contribution >= 4 is 22.5 Å². The Morgan fingerprint density at radius 1 is 1.28 bits per heavy atom. The highest BCUT2D eigenvalue weighted by atomic mass is 16.5. The largest absolute Gasteiger partial charge is 0.475 e. The summed E-state index contributed by atoms with van der Waals surface area (Å²) in [6.45, 7) is 5.18. The number of aromatic nitrogens is 3. The first-order valence-electron chi connectivity index (χ1n) is 9.69. The lowest BCUT2D eigenvalue weighted by atomic mass is 10.0. The minimum atomic E-state index is -0.831. The number of carbonyl (C=O) groups excluding carboxylic acids is 1. The molecule has 29 heavy (non-hydrogen) atoms. The first kappa shape index (κ1) is 19.4. The van der Waals surface area contributed by atoms with Crippen molar-refractivity contribution in [3.63, 3.8) is 0 Å². The summed E-state index contributed by atoms with van der Waals surface area (Å²) in [5, 5.41) is 14.6. The zero-order valence-electron chi connectivity index (χ0n) is 16.8. The lowest BCUT2D eigenvalue weighted by Crippen LogP contribution is -2.46. The molecular formula is C21H25N5O3. The second kappa shape index (κ2) is 7.81. The molecule has 152 valence electrons. The van der Waals surface area contributed by atoms with E-state index in [-0.39, 0.29) is 12.0 Å². The van der Waals surface area contributed by atoms with Crippen LogP contribution in [0.1, 0.15) is 20.3 Å². The molecule has 0 bridgehead atoms. The number of H-pyrrole nitrogens is 1. The molecule has 8 nitrogen and oxygen atoms in total. The number of pyridine rings is 1. The van der Waals surface area contributed by atoms with Crippen LogP contribution in [0.15, 0.2) is 36.5 Å². The fraction of sp³-hybridized carbons (Fsp3) is 0.381. The maximum Gasteiger partial charge on any atom is 0.257 e. The third-order valence-electron chi connectivity index (χ3n) is 5.11. The molecule has 1 saturated heterocycles. The van der Waals surface area contributed by atoms with Crippen LogP contribution in [-0.2, 0) is 9.53 Å². The molecule has 0 saturated carbocycles. The van der Waals surface area contributed by atoms with Crippen molar-refractivity contribution in [1.82, 2.24) is 20.5 Å². The maximum atomic E-state index is 12.8. The number of methoxy groups -OCH3 is 1. The van der Waals surface area contributed by atoms with Gasteiger partial charge in [-0.05, 0) is 51.1 Å². The van der Waals surface area contributed by atoms with Crippen LogP contribution < -0.4 is 15.4 Å². The van der Waals surface area contributed by atoms with Gasteiger partial charge < -0.3 is 20.1 Å². The number of hydrogen-bond donors (Lipinski definition) is 3. The molecule has 1 fully saturated rings. The van der Waals surface area contributed by atoms with Gasteiger partial charge in [-0.3, -0.25) is 9.89 Å². The minimum absolute atomic E-state index is 0.0358. The highest BCUT2D eigenvalue weighted by Crippen LogP contribution is 2.30. The predicted octanol–water partition coefficient (Wildman–Crippen LogP) is 2.73. The van der Waals surface area contributed by atoms with Crippen molar-refractivity contribution in [2.75, 3.05) is 25.5 Å². The zero-order chi connectivity index (χ0) is 20.4. The molecule has 3 aromatic rings. The SMILES string of the molecule is COC1(C(=O)Nc2ccc3[nH]nc(-c4ccnc(OC(C)C)c4)c3c2)CCNC1. The highest BCUT2D eigenvalue weighted by Gasteiger charge is 2.41. The molecule has 0 aliphatic carbocycles. The van der Waals surface area contributed by atoms with Crippen LogP contribution in [0.4, 0.5) is 5.69 Å². The first-order valence-corrected chi connectivity index (χ1v) is 9.69. The normalized spacial score (nSPS) is 19.0. The molecule has 0 spiro atoms. The second-order valence-electron chi connectivity index (χ2n) is 7.46. The van der Waals surface area contributed by atoms with Crippen molar-refractivity contribution in [2.24, 2.45) is 0 Å². The fourth-order valence-electron chi connectivity index (χ4n) is 3.55. The second-order valence-corrected chi connectivity index (χ2v) is 7.46. The van der Waals surface area contributed by atoms with Gasteiger partial charge in [-0.1, -0.05) is 0 Å². The Balaban J connectivity index is 1.64. The number of benzene rings is 1. The molecule has 1 unspecified atom stereocenters. The molecule has 2 aromatic heterocycles. The van der Waals surface area contributed by atoms with Crippen molar-refractivity contribution in [3.8, 4) is 17.1 Å². The number of rotatable bonds is 6. The van der Waals surface area contributed by atoms with E-state index < -0.39 is 5.60 Å². The molecule has 3 heterocycles. The van der Waals surface area contributed by atoms with Gasteiger partial charge in [0.2, 0.25) is 5.88 Å². The molecule has 1 amide bonds. The number of fused-ring (bicyclic) bond motifs is 1. The minimum Gasteiger partial charge on any atom is -0.475 e. The van der Waals surface area contributed by atoms with Gasteiger partial charge in [0, 0.05) is 42.6 Å². The van der Waals surface area contributed by atoms with Crippen molar-refractivity contribution < 1.29 is 14.3 Å². The van der Waals surface area contributed by atoms with Gasteiger partial charge >= 0.3 is 0 Å². The van der Waals surface area contributed by atoms with E-state index in [2.05, 4.69) is 25.8 Å². The quantitative estimate of drug-likeness (QED) is 0.593. The Hall–Kier alpha value is -2.97. The van der Waals surface area contributed by atoms with Crippen LogP contribution in [0.2, 0.25) is 0 Å². The summed E-state index contributed by atoms with van der Waals surface area (Å²) in [6.07, 6.45) is 2.38. The molecule has 0 radical (unpaired) electrons. The Morgan fingerprint density at radius 3 is 2.86 bits per heavy atom. The van der Waals surface area contributed by atoms with Crippen LogP contribution >= 0.6 is 0 Å². The Kier molecular flexibility index (Phi) is 5.21. The number of amides is 1. The summed E-state index contributed by atoms with van der Waals surface area (Å²) in [5.74, 6) is 0.403. The molecule has 8 heteroatoms. The third-order valence-corrected chi connectivity index (χ3v) is 5.11. The fourth-order valence-corrected chi connectivity index (χ4v) is 3.55. The lowest BCUT2D eigenvalue weighted by molar-refractivity contribution is -0.135. The van der Waals surface area contributed by atoms with Crippen LogP contribution in [0.25, 0.3) is 22.2 Å². The summed E-state index contributed by atoms with van der Waals surface area (Å²) in [6, 6.07) is 9.43. The molecule has 1 aliphatic heterocycles. The summed E-state index contributed by atoms with van der Waals surface area (Å²) in [5.41, 5.74) is 2.41. The van der Waals surface area contributed by atoms with Gasteiger partial charge in [-0.15, -0.1) is 0 Å². The van der Waals surface area contributed by atoms with Gasteiger partial charge in [0.25, 0.3) is 5.91 Å². The van der Waals surface area contributed by atoms with Crippen molar-refractivity contribution in [2.45, 2.75) is 32.0 Å². The average Bonchev–Trinajstić information content (AvgIpc) is 3.35. The number of anilines is 1. The smallest absolute Gasteiger partial charge is 0.257 e. The summed E-state index contributed by atoms with van der Waals surface area (Å²) in [4.78, 5) is 17.1. The van der Waals surface area contributed by atoms with Crippen LogP contribution in [0, 0.1) is 0 Å². The number of ether oxygens (including phenoxy) is 2. The van der Waals surface area contributed by atoms with E-state index in [9.17, 15) is 4.79 Å². The molecule has 3 N–H and O–H groups in total.